The van der Waals surface area contributed by atoms with Crippen molar-refractivity contribution in [1.29, 1.82) is 0 Å². The molecule has 0 unspecified atom stereocenters. The maximum absolute atomic E-state index is 12.5. The highest BCUT2D eigenvalue weighted by Crippen LogP contribution is 2.27. The number of nitrogens with zero attached hydrogens (tertiary/aromatic N) is 4. The van der Waals surface area contributed by atoms with Gasteiger partial charge in [0, 0.05) is 5.56 Å². The Bertz CT molecular complexity index is 772. The highest BCUT2D eigenvalue weighted by Gasteiger charge is 2.11. The molecule has 0 bridgehead atoms. The van der Waals surface area contributed by atoms with Gasteiger partial charge in [0.05, 0.1) is 6.21 Å². The molecule has 0 aliphatic carbocycles. The summed E-state index contributed by atoms with van der Waals surface area (Å²) in [6.07, 6.45) is 4.24. The molecule has 106 valence electrons. The normalized spacial score (nSPS) is 11.6. The first kappa shape index (κ1) is 13.2. The molecule has 0 aliphatic heterocycles. The van der Waals surface area contributed by atoms with Gasteiger partial charge in [-0.05, 0) is 16.8 Å². The summed E-state index contributed by atoms with van der Waals surface area (Å²) in [6, 6.07) is 10.6. The van der Waals surface area contributed by atoms with Gasteiger partial charge in [0.1, 0.15) is 18.4 Å². The first-order valence-electron chi connectivity index (χ1n) is 6.09. The lowest BCUT2D eigenvalue weighted by atomic mass is 10.0. The Balaban J connectivity index is 2.11. The summed E-state index contributed by atoms with van der Waals surface area (Å²) >= 11 is 0. The van der Waals surface area contributed by atoms with Gasteiger partial charge < -0.3 is 4.74 Å². The van der Waals surface area contributed by atoms with Gasteiger partial charge >= 0.3 is 6.61 Å². The van der Waals surface area contributed by atoms with E-state index in [0.29, 0.717) is 5.56 Å². The third kappa shape index (κ3) is 2.86. The standard InChI is InChI=1S/C14H10F2N4O/c15-14(16)21-13-6-5-10-3-1-2-4-11(10)12(13)7-19-20-8-17-18-9-20/h1-9,14H/b19-7-. The number of fused-ring (bicyclic) bond motifs is 1. The SMILES string of the molecule is FC(F)Oc1ccc2ccccc2c1/C=N\n1cnnc1. The number of rotatable bonds is 4. The van der Waals surface area contributed by atoms with Crippen molar-refractivity contribution in [3.8, 4) is 5.75 Å². The third-order valence-electron chi connectivity index (χ3n) is 2.87. The quantitative estimate of drug-likeness (QED) is 0.694. The number of aromatic nitrogens is 3. The van der Waals surface area contributed by atoms with Gasteiger partial charge in [-0.25, -0.2) is 4.68 Å². The van der Waals surface area contributed by atoms with E-state index in [0.717, 1.165) is 10.8 Å². The number of benzene rings is 2. The van der Waals surface area contributed by atoms with Crippen molar-refractivity contribution in [2.45, 2.75) is 6.61 Å². The summed E-state index contributed by atoms with van der Waals surface area (Å²) in [5.74, 6) is 0.0699. The molecule has 5 nitrogen and oxygen atoms in total. The fourth-order valence-electron chi connectivity index (χ4n) is 1.99. The Kier molecular flexibility index (Phi) is 3.55. The number of halogens is 2. The molecule has 2 aromatic carbocycles. The van der Waals surface area contributed by atoms with E-state index >= 15 is 0 Å². The molecule has 3 rings (SSSR count). The molecule has 1 heterocycles. The Morgan fingerprint density at radius 1 is 1.10 bits per heavy atom. The number of alkyl halides is 2. The van der Waals surface area contributed by atoms with E-state index in [1.807, 2.05) is 24.3 Å². The molecule has 0 radical (unpaired) electrons. The van der Waals surface area contributed by atoms with Crippen molar-refractivity contribution in [3.05, 3.63) is 54.6 Å². The van der Waals surface area contributed by atoms with Crippen molar-refractivity contribution in [1.82, 2.24) is 14.9 Å². The summed E-state index contributed by atoms with van der Waals surface area (Å²) in [6.45, 7) is -2.90. The Hall–Kier alpha value is -2.83. The smallest absolute Gasteiger partial charge is 0.387 e. The van der Waals surface area contributed by atoms with Crippen LogP contribution in [0.15, 0.2) is 54.2 Å². The molecule has 0 N–H and O–H groups in total. The van der Waals surface area contributed by atoms with Crippen LogP contribution in [0, 0.1) is 0 Å². The minimum atomic E-state index is -2.90. The summed E-state index contributed by atoms with van der Waals surface area (Å²) in [4.78, 5) is 0. The molecule has 7 heteroatoms. The van der Waals surface area contributed by atoms with E-state index in [9.17, 15) is 8.78 Å². The molecule has 0 saturated heterocycles. The molecule has 0 saturated carbocycles. The molecular weight excluding hydrogens is 278 g/mol. The average molecular weight is 288 g/mol. The van der Waals surface area contributed by atoms with Crippen LogP contribution in [0.25, 0.3) is 10.8 Å². The molecule has 0 spiro atoms. The molecule has 1 aromatic heterocycles. The first-order valence-corrected chi connectivity index (χ1v) is 6.09. The molecule has 0 atom stereocenters. The minimum absolute atomic E-state index is 0.0699. The summed E-state index contributed by atoms with van der Waals surface area (Å²) in [5.41, 5.74) is 0.474. The van der Waals surface area contributed by atoms with E-state index in [2.05, 4.69) is 20.0 Å². The molecular formula is C14H10F2N4O. The first-order chi connectivity index (χ1) is 10.2. The van der Waals surface area contributed by atoms with Gasteiger partial charge in [-0.2, -0.15) is 13.9 Å². The lowest BCUT2D eigenvalue weighted by Gasteiger charge is -2.10. The maximum Gasteiger partial charge on any atom is 0.387 e. The van der Waals surface area contributed by atoms with Crippen LogP contribution in [0.2, 0.25) is 0 Å². The summed E-state index contributed by atoms with van der Waals surface area (Å²) in [5, 5.41) is 13.0. The van der Waals surface area contributed by atoms with Gasteiger partial charge in [-0.15, -0.1) is 10.2 Å². The Morgan fingerprint density at radius 3 is 2.62 bits per heavy atom. The highest BCUT2D eigenvalue weighted by atomic mass is 19.3. The van der Waals surface area contributed by atoms with Crippen molar-refractivity contribution in [2.75, 3.05) is 0 Å². The maximum atomic E-state index is 12.5. The highest BCUT2D eigenvalue weighted by molar-refractivity contribution is 6.02. The van der Waals surface area contributed by atoms with E-state index in [1.165, 1.54) is 29.6 Å². The van der Waals surface area contributed by atoms with E-state index in [-0.39, 0.29) is 5.75 Å². The lowest BCUT2D eigenvalue weighted by molar-refractivity contribution is -0.0498. The van der Waals surface area contributed by atoms with Crippen LogP contribution in [0.3, 0.4) is 0 Å². The van der Waals surface area contributed by atoms with E-state index in [1.54, 1.807) is 6.07 Å². The monoisotopic (exact) mass is 288 g/mol. The predicted octanol–water partition coefficient (Wildman–Crippen LogP) is 2.91. The van der Waals surface area contributed by atoms with Gasteiger partial charge in [-0.3, -0.25) is 0 Å². The second-order valence-corrected chi connectivity index (χ2v) is 4.16. The van der Waals surface area contributed by atoms with Crippen LogP contribution in [0.5, 0.6) is 5.75 Å². The van der Waals surface area contributed by atoms with Crippen LogP contribution in [-0.4, -0.2) is 27.7 Å². The number of hydrogen-bond donors (Lipinski definition) is 0. The summed E-state index contributed by atoms with van der Waals surface area (Å²) in [7, 11) is 0. The fourth-order valence-corrected chi connectivity index (χ4v) is 1.99. The second-order valence-electron chi connectivity index (χ2n) is 4.16. The molecule has 0 amide bonds. The van der Waals surface area contributed by atoms with Crippen LogP contribution >= 0.6 is 0 Å². The van der Waals surface area contributed by atoms with Gasteiger partial charge in [-0.1, -0.05) is 30.3 Å². The molecule has 0 aliphatic rings. The topological polar surface area (TPSA) is 52.3 Å². The van der Waals surface area contributed by atoms with E-state index < -0.39 is 6.61 Å². The lowest BCUT2D eigenvalue weighted by Crippen LogP contribution is -2.05. The number of ether oxygens (including phenoxy) is 1. The van der Waals surface area contributed by atoms with Crippen molar-refractivity contribution >= 4 is 17.0 Å². The molecule has 3 aromatic rings. The fraction of sp³-hybridized carbons (Fsp3) is 0.0714. The van der Waals surface area contributed by atoms with Crippen LogP contribution in [0.4, 0.5) is 8.78 Å². The average Bonchev–Trinajstić information content (AvgIpc) is 2.99. The van der Waals surface area contributed by atoms with E-state index in [4.69, 9.17) is 0 Å². The molecule has 0 fully saturated rings. The second kappa shape index (κ2) is 5.66. The van der Waals surface area contributed by atoms with Crippen LogP contribution in [-0.2, 0) is 0 Å². The Labute approximate surface area is 118 Å². The third-order valence-corrected chi connectivity index (χ3v) is 2.87. The van der Waals surface area contributed by atoms with Gasteiger partial charge in [0.25, 0.3) is 0 Å². The van der Waals surface area contributed by atoms with Crippen molar-refractivity contribution in [2.24, 2.45) is 5.10 Å². The van der Waals surface area contributed by atoms with Crippen molar-refractivity contribution < 1.29 is 13.5 Å². The predicted molar refractivity (Wildman–Crippen MR) is 73.6 cm³/mol. The van der Waals surface area contributed by atoms with Crippen LogP contribution < -0.4 is 4.74 Å². The Morgan fingerprint density at radius 2 is 1.86 bits per heavy atom. The van der Waals surface area contributed by atoms with Gasteiger partial charge in [0.2, 0.25) is 0 Å². The summed E-state index contributed by atoms with van der Waals surface area (Å²) < 4.78 is 31.0. The zero-order valence-corrected chi connectivity index (χ0v) is 10.7. The van der Waals surface area contributed by atoms with Crippen molar-refractivity contribution in [3.63, 3.8) is 0 Å². The van der Waals surface area contributed by atoms with Gasteiger partial charge in [0.15, 0.2) is 0 Å². The molecule has 21 heavy (non-hydrogen) atoms. The van der Waals surface area contributed by atoms with Crippen LogP contribution in [0.1, 0.15) is 5.56 Å². The number of hydrogen-bond acceptors (Lipinski definition) is 4. The minimum Gasteiger partial charge on any atom is -0.434 e. The zero-order chi connectivity index (χ0) is 14.7. The zero-order valence-electron chi connectivity index (χ0n) is 10.7. The largest absolute Gasteiger partial charge is 0.434 e.